The van der Waals surface area contributed by atoms with E-state index in [1.807, 2.05) is 24.4 Å². The molecule has 0 saturated carbocycles. The van der Waals surface area contributed by atoms with Crippen molar-refractivity contribution in [3.8, 4) is 11.5 Å². The maximum Gasteiger partial charge on any atom is 0.231 e. The Labute approximate surface area is 123 Å². The fourth-order valence-corrected chi connectivity index (χ4v) is 3.16. The Kier molecular flexibility index (Phi) is 2.89. The van der Waals surface area contributed by atoms with Crippen LogP contribution in [0.25, 0.3) is 10.8 Å². The van der Waals surface area contributed by atoms with Gasteiger partial charge in [-0.25, -0.2) is 4.98 Å². The van der Waals surface area contributed by atoms with E-state index in [-0.39, 0.29) is 6.04 Å². The lowest BCUT2D eigenvalue weighted by Crippen LogP contribution is -2.46. The van der Waals surface area contributed by atoms with E-state index >= 15 is 0 Å². The Hall–Kier alpha value is -2.01. The molecule has 0 spiro atoms. The Morgan fingerprint density at radius 1 is 1.29 bits per heavy atom. The zero-order chi connectivity index (χ0) is 14.4. The molecular formula is C16H19N3O2. The van der Waals surface area contributed by atoms with Gasteiger partial charge in [-0.15, -0.1) is 0 Å². The molecule has 4 rings (SSSR count). The highest BCUT2D eigenvalue weighted by Crippen LogP contribution is 2.39. The number of fused-ring (bicyclic) bond motifs is 2. The molecule has 2 unspecified atom stereocenters. The van der Waals surface area contributed by atoms with Gasteiger partial charge in [0.2, 0.25) is 6.79 Å². The van der Waals surface area contributed by atoms with Crippen molar-refractivity contribution in [2.24, 2.45) is 11.7 Å². The summed E-state index contributed by atoms with van der Waals surface area (Å²) in [6.45, 7) is 4.40. The van der Waals surface area contributed by atoms with E-state index in [4.69, 9.17) is 15.2 Å². The number of aromatic nitrogens is 1. The van der Waals surface area contributed by atoms with E-state index in [2.05, 4.69) is 16.8 Å². The van der Waals surface area contributed by atoms with E-state index in [0.29, 0.717) is 12.7 Å². The molecule has 2 atom stereocenters. The minimum atomic E-state index is 0.289. The molecule has 110 valence electrons. The topological polar surface area (TPSA) is 60.6 Å². The third-order valence-corrected chi connectivity index (χ3v) is 4.51. The van der Waals surface area contributed by atoms with E-state index in [1.54, 1.807) is 0 Å². The van der Waals surface area contributed by atoms with Gasteiger partial charge >= 0.3 is 0 Å². The number of anilines is 1. The number of ether oxygens (including phenoxy) is 2. The van der Waals surface area contributed by atoms with E-state index in [1.165, 1.54) is 0 Å². The second kappa shape index (κ2) is 4.77. The van der Waals surface area contributed by atoms with Crippen LogP contribution in [0, 0.1) is 5.92 Å². The van der Waals surface area contributed by atoms with Crippen LogP contribution >= 0.6 is 0 Å². The summed E-state index contributed by atoms with van der Waals surface area (Å²) in [6, 6.07) is 6.37. The normalized spacial score (nSPS) is 24.6. The molecule has 5 heteroatoms. The number of pyridine rings is 1. The van der Waals surface area contributed by atoms with Gasteiger partial charge in [-0.2, -0.15) is 0 Å². The van der Waals surface area contributed by atoms with Crippen molar-refractivity contribution >= 4 is 16.6 Å². The lowest BCUT2D eigenvalue weighted by Gasteiger charge is -2.36. The number of rotatable bonds is 1. The van der Waals surface area contributed by atoms with Crippen molar-refractivity contribution in [3.05, 3.63) is 24.4 Å². The number of piperidine rings is 1. The highest BCUT2D eigenvalue weighted by molar-refractivity contribution is 5.94. The predicted octanol–water partition coefficient (Wildman–Crippen LogP) is 2.14. The van der Waals surface area contributed by atoms with Gasteiger partial charge < -0.3 is 20.1 Å². The quantitative estimate of drug-likeness (QED) is 0.870. The van der Waals surface area contributed by atoms with Gasteiger partial charge in [0.15, 0.2) is 11.5 Å². The Bertz CT molecular complexity index is 689. The first-order valence-electron chi connectivity index (χ1n) is 7.41. The lowest BCUT2D eigenvalue weighted by atomic mass is 9.94. The Balaban J connectivity index is 1.78. The van der Waals surface area contributed by atoms with Crippen molar-refractivity contribution in [3.63, 3.8) is 0 Å². The first kappa shape index (κ1) is 12.7. The zero-order valence-electron chi connectivity index (χ0n) is 12.1. The lowest BCUT2D eigenvalue weighted by molar-refractivity contribution is 0.174. The van der Waals surface area contributed by atoms with Crippen molar-refractivity contribution in [2.75, 3.05) is 24.8 Å². The Morgan fingerprint density at radius 3 is 2.90 bits per heavy atom. The van der Waals surface area contributed by atoms with Gasteiger partial charge in [0.25, 0.3) is 0 Å². The second-order valence-electron chi connectivity index (χ2n) is 5.94. The van der Waals surface area contributed by atoms with E-state index in [9.17, 15) is 0 Å². The summed E-state index contributed by atoms with van der Waals surface area (Å²) in [5.74, 6) is 3.11. The average Bonchev–Trinajstić information content (AvgIpc) is 2.94. The van der Waals surface area contributed by atoms with E-state index < -0.39 is 0 Å². The van der Waals surface area contributed by atoms with Crippen LogP contribution in [-0.4, -0.2) is 30.9 Å². The Morgan fingerprint density at radius 2 is 2.10 bits per heavy atom. The highest BCUT2D eigenvalue weighted by Gasteiger charge is 2.25. The van der Waals surface area contributed by atoms with Crippen LogP contribution in [0.4, 0.5) is 5.82 Å². The average molecular weight is 285 g/mol. The van der Waals surface area contributed by atoms with Gasteiger partial charge in [-0.05, 0) is 35.9 Å². The van der Waals surface area contributed by atoms with Crippen molar-refractivity contribution < 1.29 is 9.47 Å². The number of nitrogens with zero attached hydrogens (tertiary/aromatic N) is 2. The van der Waals surface area contributed by atoms with Crippen LogP contribution in [0.15, 0.2) is 24.4 Å². The minimum absolute atomic E-state index is 0.289. The minimum Gasteiger partial charge on any atom is -0.454 e. The molecule has 0 radical (unpaired) electrons. The van der Waals surface area contributed by atoms with Gasteiger partial charge in [0.1, 0.15) is 5.82 Å². The number of nitrogens with two attached hydrogens (primary N) is 1. The molecule has 3 heterocycles. The van der Waals surface area contributed by atoms with Crippen LogP contribution in [0.1, 0.15) is 13.3 Å². The van der Waals surface area contributed by atoms with Crippen molar-refractivity contribution in [1.29, 1.82) is 0 Å². The van der Waals surface area contributed by atoms with Crippen molar-refractivity contribution in [1.82, 2.24) is 4.98 Å². The molecule has 0 amide bonds. The van der Waals surface area contributed by atoms with Crippen LogP contribution < -0.4 is 20.1 Å². The molecule has 1 saturated heterocycles. The fourth-order valence-electron chi connectivity index (χ4n) is 3.16. The third-order valence-electron chi connectivity index (χ3n) is 4.51. The maximum atomic E-state index is 6.12. The molecule has 2 aliphatic heterocycles. The molecule has 1 fully saturated rings. The van der Waals surface area contributed by atoms with Crippen LogP contribution in [-0.2, 0) is 0 Å². The van der Waals surface area contributed by atoms with Crippen LogP contribution in [0.3, 0.4) is 0 Å². The fraction of sp³-hybridized carbons (Fsp3) is 0.438. The third kappa shape index (κ3) is 2.08. The van der Waals surface area contributed by atoms with Gasteiger partial charge in [-0.1, -0.05) is 6.92 Å². The molecule has 0 bridgehead atoms. The SMILES string of the molecule is CC1CN(c2nccc3cc4c(cc23)OCO4)CCC1N. The smallest absolute Gasteiger partial charge is 0.231 e. The second-order valence-corrected chi connectivity index (χ2v) is 5.94. The zero-order valence-corrected chi connectivity index (χ0v) is 12.1. The summed E-state index contributed by atoms with van der Waals surface area (Å²) in [4.78, 5) is 6.94. The summed E-state index contributed by atoms with van der Waals surface area (Å²) in [5, 5.41) is 2.25. The molecular weight excluding hydrogens is 266 g/mol. The number of hydrogen-bond donors (Lipinski definition) is 1. The largest absolute Gasteiger partial charge is 0.454 e. The first-order chi connectivity index (χ1) is 10.2. The molecule has 5 nitrogen and oxygen atoms in total. The summed E-state index contributed by atoms with van der Waals surface area (Å²) in [6.07, 6.45) is 2.86. The molecule has 2 aromatic rings. The first-order valence-corrected chi connectivity index (χ1v) is 7.41. The molecule has 2 aliphatic rings. The molecule has 1 aromatic heterocycles. The van der Waals surface area contributed by atoms with Crippen LogP contribution in [0.2, 0.25) is 0 Å². The van der Waals surface area contributed by atoms with Gasteiger partial charge in [0.05, 0.1) is 0 Å². The summed E-state index contributed by atoms with van der Waals surface area (Å²) in [5.41, 5.74) is 6.12. The molecule has 21 heavy (non-hydrogen) atoms. The molecule has 2 N–H and O–H groups in total. The maximum absolute atomic E-state index is 6.12. The predicted molar refractivity (Wildman–Crippen MR) is 81.8 cm³/mol. The molecule has 0 aliphatic carbocycles. The monoisotopic (exact) mass is 285 g/mol. The van der Waals surface area contributed by atoms with Gasteiger partial charge in [0, 0.05) is 30.7 Å². The summed E-state index contributed by atoms with van der Waals surface area (Å²) in [7, 11) is 0. The summed E-state index contributed by atoms with van der Waals surface area (Å²) >= 11 is 0. The molecule has 1 aromatic carbocycles. The van der Waals surface area contributed by atoms with Crippen LogP contribution in [0.5, 0.6) is 11.5 Å². The standard InChI is InChI=1S/C16H19N3O2/c1-10-8-19(5-3-13(10)17)16-12-7-15-14(20-9-21-15)6-11(12)2-4-18-16/h2,4,6-7,10,13H,3,5,8-9,17H2,1H3. The number of benzene rings is 1. The van der Waals surface area contributed by atoms with E-state index in [0.717, 1.165) is 47.6 Å². The highest BCUT2D eigenvalue weighted by atomic mass is 16.7. The van der Waals surface area contributed by atoms with Gasteiger partial charge in [-0.3, -0.25) is 0 Å². The van der Waals surface area contributed by atoms with Crippen molar-refractivity contribution in [2.45, 2.75) is 19.4 Å². The number of hydrogen-bond acceptors (Lipinski definition) is 5. The summed E-state index contributed by atoms with van der Waals surface area (Å²) < 4.78 is 10.9.